The Hall–Kier alpha value is -0.630. The number of ketones is 1. The van der Waals surface area contributed by atoms with E-state index in [2.05, 4.69) is 41.5 Å². The van der Waals surface area contributed by atoms with Crippen LogP contribution in [0, 0.1) is 35.0 Å². The molecule has 126 valence electrons. The molecule has 0 aromatic heterocycles. The summed E-state index contributed by atoms with van der Waals surface area (Å²) < 4.78 is 0. The van der Waals surface area contributed by atoms with Gasteiger partial charge in [0.15, 0.2) is 0 Å². The number of Topliss-reactive ketones (excluding diaryl/α,β-unsaturated/α-hetero) is 1. The quantitative estimate of drug-likeness (QED) is 0.718. The fraction of sp³-hybridized carbons (Fsp3) is 0.850. The van der Waals surface area contributed by atoms with Gasteiger partial charge in [0.1, 0.15) is 5.78 Å². The first-order chi connectivity index (χ1) is 10.1. The van der Waals surface area contributed by atoms with Crippen LogP contribution in [0.5, 0.6) is 0 Å². The molecule has 2 fully saturated rings. The maximum atomic E-state index is 11.4. The second-order valence-electron chi connectivity index (χ2n) is 8.82. The van der Waals surface area contributed by atoms with Crippen LogP contribution in [0.4, 0.5) is 0 Å². The number of fused-ring (bicyclic) bond motifs is 1. The van der Waals surface area contributed by atoms with Crippen molar-refractivity contribution in [3.05, 3.63) is 11.6 Å². The first-order valence-electron chi connectivity index (χ1n) is 9.03. The minimum absolute atomic E-state index is 0.171. The normalized spacial score (nSPS) is 39.5. The van der Waals surface area contributed by atoms with Gasteiger partial charge in [0.25, 0.3) is 0 Å². The molecule has 0 heterocycles. The molecule has 0 aromatic rings. The van der Waals surface area contributed by atoms with E-state index in [1.54, 1.807) is 0 Å². The highest BCUT2D eigenvalue weighted by atomic mass is 16.3. The number of hydrogen-bond donors (Lipinski definition) is 1. The Morgan fingerprint density at radius 3 is 2.32 bits per heavy atom. The molecule has 0 amide bonds. The lowest BCUT2D eigenvalue weighted by Gasteiger charge is -2.57. The molecule has 4 rings (SSSR count). The SMILES string of the molecule is CC(C)[C@H]1CC[C@@H](C)CC1=O.CC1=C[C@@H](O)[C@@H]2C[C@H]1C2(C)C. The molecular formula is C20H34O2. The summed E-state index contributed by atoms with van der Waals surface area (Å²) >= 11 is 0. The zero-order valence-corrected chi connectivity index (χ0v) is 15.2. The van der Waals surface area contributed by atoms with E-state index < -0.39 is 0 Å². The second kappa shape index (κ2) is 6.47. The van der Waals surface area contributed by atoms with E-state index in [0.29, 0.717) is 34.9 Å². The van der Waals surface area contributed by atoms with Gasteiger partial charge in [-0.2, -0.15) is 0 Å². The van der Waals surface area contributed by atoms with Crippen LogP contribution in [-0.2, 0) is 4.79 Å². The van der Waals surface area contributed by atoms with Crippen LogP contribution < -0.4 is 0 Å². The molecule has 0 spiro atoms. The highest BCUT2D eigenvalue weighted by Gasteiger charge is 2.53. The van der Waals surface area contributed by atoms with E-state index in [1.165, 1.54) is 18.4 Å². The zero-order chi connectivity index (χ0) is 16.7. The fourth-order valence-electron chi connectivity index (χ4n) is 4.74. The predicted octanol–water partition coefficient (Wildman–Crippen LogP) is 4.62. The van der Waals surface area contributed by atoms with Crippen molar-refractivity contribution in [3.63, 3.8) is 0 Å². The minimum atomic E-state index is -0.171. The van der Waals surface area contributed by atoms with Gasteiger partial charge in [-0.25, -0.2) is 0 Å². The Morgan fingerprint density at radius 1 is 1.27 bits per heavy atom. The highest BCUT2D eigenvalue weighted by Crippen LogP contribution is 2.58. The van der Waals surface area contributed by atoms with Crippen LogP contribution in [0.3, 0.4) is 0 Å². The number of hydrogen-bond acceptors (Lipinski definition) is 2. The Labute approximate surface area is 136 Å². The van der Waals surface area contributed by atoms with Gasteiger partial charge in [0.05, 0.1) is 6.10 Å². The smallest absolute Gasteiger partial charge is 0.136 e. The highest BCUT2D eigenvalue weighted by molar-refractivity contribution is 5.82. The van der Waals surface area contributed by atoms with Gasteiger partial charge in [-0.15, -0.1) is 0 Å². The van der Waals surface area contributed by atoms with Crippen LogP contribution >= 0.6 is 0 Å². The minimum Gasteiger partial charge on any atom is -0.389 e. The number of carbonyl (C=O) groups is 1. The van der Waals surface area contributed by atoms with E-state index in [0.717, 1.165) is 18.8 Å². The molecule has 2 bridgehead atoms. The maximum absolute atomic E-state index is 11.4. The Kier molecular flexibility index (Phi) is 5.21. The van der Waals surface area contributed by atoms with Crippen molar-refractivity contribution in [3.8, 4) is 0 Å². The molecule has 0 unspecified atom stereocenters. The molecule has 0 aromatic carbocycles. The van der Waals surface area contributed by atoms with Crippen molar-refractivity contribution in [2.75, 3.05) is 0 Å². The average Bonchev–Trinajstić information content (AvgIpc) is 2.37. The first kappa shape index (κ1) is 17.7. The summed E-state index contributed by atoms with van der Waals surface area (Å²) in [5, 5.41) is 9.65. The molecule has 2 heteroatoms. The van der Waals surface area contributed by atoms with Gasteiger partial charge in [-0.1, -0.05) is 46.3 Å². The standard InChI is InChI=1S/C10H16O.C10H18O/c1-6-4-9(11)8-5-7(6)10(8,2)3;1-7(2)9-5-4-8(3)6-10(9)11/h4,7-9,11H,5H2,1-3H3;7-9H,4-6H2,1-3H3/t7-,8+,9-;8-,9-/m11/s1. The van der Waals surface area contributed by atoms with Crippen LogP contribution in [0.1, 0.15) is 67.2 Å². The summed E-state index contributed by atoms with van der Waals surface area (Å²) in [6.07, 6.45) is 6.25. The number of allylic oxidation sites excluding steroid dienone is 1. The zero-order valence-electron chi connectivity index (χ0n) is 15.2. The molecule has 0 radical (unpaired) electrons. The lowest BCUT2D eigenvalue weighted by atomic mass is 9.48. The van der Waals surface area contributed by atoms with Gasteiger partial charge in [-0.3, -0.25) is 4.79 Å². The van der Waals surface area contributed by atoms with Crippen LogP contribution in [-0.4, -0.2) is 17.0 Å². The van der Waals surface area contributed by atoms with Crippen LogP contribution in [0.2, 0.25) is 0 Å². The van der Waals surface area contributed by atoms with Crippen molar-refractivity contribution in [2.24, 2.45) is 35.0 Å². The number of aliphatic hydroxyl groups excluding tert-OH is 1. The van der Waals surface area contributed by atoms with E-state index in [9.17, 15) is 9.90 Å². The lowest BCUT2D eigenvalue weighted by molar-refractivity contribution is -0.127. The molecule has 22 heavy (non-hydrogen) atoms. The molecule has 4 aliphatic rings. The summed E-state index contributed by atoms with van der Waals surface area (Å²) in [6.45, 7) is 13.2. The average molecular weight is 306 g/mol. The predicted molar refractivity (Wildman–Crippen MR) is 91.5 cm³/mol. The Balaban J connectivity index is 0.000000160. The van der Waals surface area contributed by atoms with Crippen molar-refractivity contribution in [1.82, 2.24) is 0 Å². The summed E-state index contributed by atoms with van der Waals surface area (Å²) in [5.41, 5.74) is 1.75. The van der Waals surface area contributed by atoms with Crippen molar-refractivity contribution in [2.45, 2.75) is 73.3 Å². The summed E-state index contributed by atoms with van der Waals surface area (Å²) in [7, 11) is 0. The second-order valence-corrected chi connectivity index (χ2v) is 8.82. The number of aliphatic hydroxyl groups is 1. The van der Waals surface area contributed by atoms with E-state index in [1.807, 2.05) is 6.08 Å². The Bertz CT molecular complexity index is 447. The maximum Gasteiger partial charge on any atom is 0.136 e. The molecule has 2 nitrogen and oxygen atoms in total. The number of rotatable bonds is 1. The Morgan fingerprint density at radius 2 is 1.91 bits per heavy atom. The van der Waals surface area contributed by atoms with Crippen LogP contribution in [0.25, 0.3) is 0 Å². The van der Waals surface area contributed by atoms with Crippen molar-refractivity contribution >= 4 is 5.78 Å². The monoisotopic (exact) mass is 306 g/mol. The summed E-state index contributed by atoms with van der Waals surface area (Å²) in [4.78, 5) is 11.4. The van der Waals surface area contributed by atoms with E-state index >= 15 is 0 Å². The van der Waals surface area contributed by atoms with E-state index in [-0.39, 0.29) is 6.10 Å². The molecule has 5 atom stereocenters. The number of carbonyl (C=O) groups excluding carboxylic acids is 1. The molecule has 0 saturated heterocycles. The van der Waals surface area contributed by atoms with Crippen LogP contribution in [0.15, 0.2) is 11.6 Å². The topological polar surface area (TPSA) is 37.3 Å². The van der Waals surface area contributed by atoms with Gasteiger partial charge >= 0.3 is 0 Å². The summed E-state index contributed by atoms with van der Waals surface area (Å²) in [6, 6.07) is 0. The largest absolute Gasteiger partial charge is 0.389 e. The molecule has 0 aliphatic heterocycles. The van der Waals surface area contributed by atoms with E-state index in [4.69, 9.17) is 0 Å². The van der Waals surface area contributed by atoms with Gasteiger partial charge in [0.2, 0.25) is 0 Å². The molecule has 4 aliphatic carbocycles. The fourth-order valence-corrected chi connectivity index (χ4v) is 4.74. The third-order valence-corrected chi connectivity index (χ3v) is 6.48. The third kappa shape index (κ3) is 3.32. The van der Waals surface area contributed by atoms with Gasteiger partial charge in [0, 0.05) is 12.3 Å². The molecular weight excluding hydrogens is 272 g/mol. The molecule has 1 N–H and O–H groups in total. The lowest BCUT2D eigenvalue weighted by Crippen LogP contribution is -2.53. The summed E-state index contributed by atoms with van der Waals surface area (Å²) in [5.74, 6) is 3.32. The molecule has 2 saturated carbocycles. The van der Waals surface area contributed by atoms with Gasteiger partial charge < -0.3 is 5.11 Å². The first-order valence-corrected chi connectivity index (χ1v) is 9.03. The van der Waals surface area contributed by atoms with Gasteiger partial charge in [-0.05, 0) is 55.3 Å². The van der Waals surface area contributed by atoms with Crippen molar-refractivity contribution in [1.29, 1.82) is 0 Å². The third-order valence-electron chi connectivity index (χ3n) is 6.48. The van der Waals surface area contributed by atoms with Crippen molar-refractivity contribution < 1.29 is 9.90 Å².